The van der Waals surface area contributed by atoms with E-state index in [-0.39, 0.29) is 5.78 Å². The summed E-state index contributed by atoms with van der Waals surface area (Å²) in [6.07, 6.45) is 4.92. The molecule has 1 saturated heterocycles. The molecule has 33 heavy (non-hydrogen) atoms. The number of nitrogens with zero attached hydrogens (tertiary/aromatic N) is 2. The van der Waals surface area contributed by atoms with Gasteiger partial charge in [0, 0.05) is 28.5 Å². The zero-order chi connectivity index (χ0) is 23.4. The second kappa shape index (κ2) is 10.8. The van der Waals surface area contributed by atoms with Gasteiger partial charge in [0.25, 0.3) is 0 Å². The monoisotopic (exact) mass is 482 g/mol. The first kappa shape index (κ1) is 24.5. The van der Waals surface area contributed by atoms with Gasteiger partial charge < -0.3 is 14.2 Å². The summed E-state index contributed by atoms with van der Waals surface area (Å²) in [5, 5.41) is 0. The van der Waals surface area contributed by atoms with Crippen LogP contribution in [0.1, 0.15) is 43.0 Å². The maximum absolute atomic E-state index is 12.0. The molecule has 2 aromatic rings. The molecule has 1 fully saturated rings. The highest BCUT2D eigenvalue weighted by atomic mass is 32.2. The predicted molar refractivity (Wildman–Crippen MR) is 142 cm³/mol. The Morgan fingerprint density at radius 1 is 1.03 bits per heavy atom. The molecule has 0 spiro atoms. The molecule has 0 aliphatic carbocycles. The fourth-order valence-electron chi connectivity index (χ4n) is 4.77. The SMILES string of the molecule is CC(=O)c1ccc2c(c1)N(CCCN1CCC(CCO[Si](C)(C)C)CC1)c1ccccc1S2. The molecule has 6 heteroatoms. The highest BCUT2D eigenvalue weighted by molar-refractivity contribution is 7.99. The molecule has 4 rings (SSSR count). The van der Waals surface area contributed by atoms with E-state index in [4.69, 9.17) is 4.43 Å². The van der Waals surface area contributed by atoms with Gasteiger partial charge in [-0.15, -0.1) is 0 Å². The van der Waals surface area contributed by atoms with E-state index in [0.29, 0.717) is 0 Å². The zero-order valence-electron chi connectivity index (χ0n) is 20.6. The van der Waals surface area contributed by atoms with Gasteiger partial charge >= 0.3 is 0 Å². The molecular formula is C27H38N2O2SSi. The number of likely N-dealkylation sites (tertiary alicyclic amines) is 1. The van der Waals surface area contributed by atoms with E-state index < -0.39 is 8.32 Å². The van der Waals surface area contributed by atoms with Crippen molar-refractivity contribution in [2.45, 2.75) is 62.0 Å². The number of hydrogen-bond donors (Lipinski definition) is 0. The number of carbonyl (C=O) groups is 1. The smallest absolute Gasteiger partial charge is 0.183 e. The average Bonchev–Trinajstić information content (AvgIpc) is 2.78. The molecule has 0 unspecified atom stereocenters. The van der Waals surface area contributed by atoms with Gasteiger partial charge in [-0.2, -0.15) is 0 Å². The van der Waals surface area contributed by atoms with Crippen LogP contribution in [-0.2, 0) is 4.43 Å². The lowest BCUT2D eigenvalue weighted by molar-refractivity contribution is 0.101. The number of fused-ring (bicyclic) bond motifs is 2. The van der Waals surface area contributed by atoms with Crippen molar-refractivity contribution in [1.82, 2.24) is 4.90 Å². The van der Waals surface area contributed by atoms with Crippen molar-refractivity contribution in [1.29, 1.82) is 0 Å². The van der Waals surface area contributed by atoms with Gasteiger partial charge in [-0.05, 0) is 102 Å². The van der Waals surface area contributed by atoms with Crippen LogP contribution in [0.5, 0.6) is 0 Å². The number of para-hydroxylation sites is 1. The number of ketones is 1. The number of hydrogen-bond acceptors (Lipinski definition) is 5. The minimum Gasteiger partial charge on any atom is -0.418 e. The highest BCUT2D eigenvalue weighted by Gasteiger charge is 2.25. The summed E-state index contributed by atoms with van der Waals surface area (Å²) in [5.41, 5.74) is 3.23. The molecule has 0 amide bonds. The minimum atomic E-state index is -1.39. The van der Waals surface area contributed by atoms with Crippen LogP contribution in [0.4, 0.5) is 11.4 Å². The highest BCUT2D eigenvalue weighted by Crippen LogP contribution is 2.48. The van der Waals surface area contributed by atoms with Gasteiger partial charge in [-0.25, -0.2) is 0 Å². The summed E-state index contributed by atoms with van der Waals surface area (Å²) in [7, 11) is -1.39. The Kier molecular flexibility index (Phi) is 8.00. The number of rotatable bonds is 9. The third-order valence-corrected chi connectivity index (χ3v) is 8.86. The molecule has 2 heterocycles. The summed E-state index contributed by atoms with van der Waals surface area (Å²) in [6.45, 7) is 13.9. The lowest BCUT2D eigenvalue weighted by Crippen LogP contribution is -2.36. The molecule has 0 N–H and O–H groups in total. The van der Waals surface area contributed by atoms with Crippen LogP contribution in [0.25, 0.3) is 0 Å². The van der Waals surface area contributed by atoms with Crippen molar-refractivity contribution < 1.29 is 9.22 Å². The lowest BCUT2D eigenvalue weighted by atomic mass is 9.94. The number of Topliss-reactive ketones (excluding diaryl/α,β-unsaturated/α-hetero) is 1. The third-order valence-electron chi connectivity index (χ3n) is 6.66. The predicted octanol–water partition coefficient (Wildman–Crippen LogP) is 6.84. The van der Waals surface area contributed by atoms with Crippen molar-refractivity contribution in [3.8, 4) is 0 Å². The quantitative estimate of drug-likeness (QED) is 0.289. The van der Waals surface area contributed by atoms with Gasteiger partial charge in [0.1, 0.15) is 0 Å². The van der Waals surface area contributed by atoms with Crippen LogP contribution in [0.15, 0.2) is 52.3 Å². The van der Waals surface area contributed by atoms with Gasteiger partial charge in [-0.3, -0.25) is 4.79 Å². The molecule has 0 radical (unpaired) electrons. The van der Waals surface area contributed by atoms with Gasteiger partial charge in [0.15, 0.2) is 14.1 Å². The minimum absolute atomic E-state index is 0.125. The molecule has 178 valence electrons. The van der Waals surface area contributed by atoms with Gasteiger partial charge in [0.05, 0.1) is 11.4 Å². The first-order valence-corrected chi connectivity index (χ1v) is 16.6. The van der Waals surface area contributed by atoms with Crippen molar-refractivity contribution in [2.75, 3.05) is 37.7 Å². The molecule has 0 atom stereocenters. The summed E-state index contributed by atoms with van der Waals surface area (Å²) >= 11 is 1.81. The Labute approximate surface area is 204 Å². The van der Waals surface area contributed by atoms with Crippen molar-refractivity contribution in [3.05, 3.63) is 48.0 Å². The third kappa shape index (κ3) is 6.50. The van der Waals surface area contributed by atoms with Crippen LogP contribution >= 0.6 is 11.8 Å². The fraction of sp³-hybridized carbons (Fsp3) is 0.519. The molecule has 0 saturated carbocycles. The summed E-state index contributed by atoms with van der Waals surface area (Å²) in [5.74, 6) is 0.945. The Morgan fingerprint density at radius 3 is 2.48 bits per heavy atom. The standard InChI is InChI=1S/C27H38N2O2SSi/c1-21(30)23-10-11-27-25(20-23)29(24-8-5-6-9-26(24)32-27)16-7-15-28-17-12-22(13-18-28)14-19-31-33(2,3)4/h5-6,8-11,20,22H,7,12-19H2,1-4H3. The Morgan fingerprint density at radius 2 is 1.76 bits per heavy atom. The largest absolute Gasteiger partial charge is 0.418 e. The van der Waals surface area contributed by atoms with Gasteiger partial charge in [-0.1, -0.05) is 30.0 Å². The number of benzene rings is 2. The van der Waals surface area contributed by atoms with E-state index in [1.54, 1.807) is 18.7 Å². The lowest BCUT2D eigenvalue weighted by Gasteiger charge is -2.35. The Hall–Kier alpha value is -1.60. The second-order valence-electron chi connectivity index (χ2n) is 10.3. The molecular weight excluding hydrogens is 444 g/mol. The normalized spacial score (nSPS) is 17.0. The molecule has 2 aliphatic heterocycles. The maximum Gasteiger partial charge on any atom is 0.183 e. The number of piperidine rings is 1. The van der Waals surface area contributed by atoms with Crippen molar-refractivity contribution in [3.63, 3.8) is 0 Å². The average molecular weight is 483 g/mol. The Balaban J connectivity index is 1.33. The molecule has 2 aromatic carbocycles. The summed E-state index contributed by atoms with van der Waals surface area (Å²) < 4.78 is 6.07. The number of anilines is 2. The van der Waals surface area contributed by atoms with Crippen LogP contribution in [0.2, 0.25) is 19.6 Å². The fourth-order valence-corrected chi connectivity index (χ4v) is 6.58. The maximum atomic E-state index is 12.0. The Bertz CT molecular complexity index is 967. The molecule has 0 aromatic heterocycles. The van der Waals surface area contributed by atoms with E-state index in [9.17, 15) is 4.79 Å². The topological polar surface area (TPSA) is 32.8 Å². The summed E-state index contributed by atoms with van der Waals surface area (Å²) in [6, 6.07) is 14.8. The summed E-state index contributed by atoms with van der Waals surface area (Å²) in [4.78, 5) is 19.6. The van der Waals surface area contributed by atoms with Gasteiger partial charge in [0.2, 0.25) is 0 Å². The van der Waals surface area contributed by atoms with E-state index in [0.717, 1.165) is 37.6 Å². The van der Waals surface area contributed by atoms with E-state index in [2.05, 4.69) is 65.8 Å². The molecule has 2 aliphatic rings. The van der Waals surface area contributed by atoms with Crippen LogP contribution in [0.3, 0.4) is 0 Å². The van der Waals surface area contributed by atoms with Crippen molar-refractivity contribution >= 4 is 37.2 Å². The second-order valence-corrected chi connectivity index (χ2v) is 15.9. The van der Waals surface area contributed by atoms with Crippen LogP contribution in [-0.4, -0.2) is 51.8 Å². The van der Waals surface area contributed by atoms with Crippen molar-refractivity contribution in [2.24, 2.45) is 5.92 Å². The van der Waals surface area contributed by atoms with E-state index >= 15 is 0 Å². The van der Waals surface area contributed by atoms with Crippen LogP contribution in [0, 0.1) is 5.92 Å². The first-order chi connectivity index (χ1) is 15.8. The van der Waals surface area contributed by atoms with E-state index in [1.165, 1.54) is 53.5 Å². The van der Waals surface area contributed by atoms with E-state index in [1.807, 2.05) is 6.07 Å². The van der Waals surface area contributed by atoms with Crippen LogP contribution < -0.4 is 4.90 Å². The molecule has 0 bridgehead atoms. The zero-order valence-corrected chi connectivity index (χ0v) is 22.4. The number of carbonyl (C=O) groups excluding carboxylic acids is 1. The molecule has 4 nitrogen and oxygen atoms in total. The first-order valence-electron chi connectivity index (χ1n) is 12.4.